The fourth-order valence-electron chi connectivity index (χ4n) is 1.10. The smallest absolute Gasteiger partial charge is 0.280 e. The third-order valence-corrected chi connectivity index (χ3v) is 2.49. The maximum atomic E-state index is 10.9. The lowest BCUT2D eigenvalue weighted by molar-refractivity contribution is 0.408. The molecule has 0 atom stereocenters. The molecule has 0 unspecified atom stereocenters. The molecule has 0 aliphatic rings. The highest BCUT2D eigenvalue weighted by atomic mass is 32.2. The Hall–Kier alpha value is -1.76. The first-order valence-corrected chi connectivity index (χ1v) is 5.68. The van der Waals surface area contributed by atoms with Gasteiger partial charge >= 0.3 is 0 Å². The summed E-state index contributed by atoms with van der Waals surface area (Å²) in [6.45, 7) is 0.318. The molecule has 2 heterocycles. The van der Waals surface area contributed by atoms with E-state index in [1.54, 1.807) is 6.20 Å². The van der Waals surface area contributed by atoms with Crippen LogP contribution in [0.15, 0.2) is 37.3 Å². The first-order valence-electron chi connectivity index (χ1n) is 4.45. The van der Waals surface area contributed by atoms with Gasteiger partial charge < -0.3 is 8.94 Å². The van der Waals surface area contributed by atoms with Crippen molar-refractivity contribution in [3.05, 3.63) is 40.5 Å². The number of aromatic amines is 1. The van der Waals surface area contributed by atoms with Crippen LogP contribution in [0.1, 0.15) is 11.7 Å². The zero-order valence-corrected chi connectivity index (χ0v) is 9.28. The lowest BCUT2D eigenvalue weighted by Gasteiger charge is -1.96. The second-order valence-corrected chi connectivity index (χ2v) is 3.62. The van der Waals surface area contributed by atoms with Crippen LogP contribution < -0.4 is 5.56 Å². The minimum Gasteiger partial charge on any atom is -0.447 e. The number of nitrogens with zero attached hydrogens (tertiary/aromatic N) is 2. The van der Waals surface area contributed by atoms with Gasteiger partial charge in [-0.3, -0.25) is 9.79 Å². The molecule has 6 nitrogen and oxygen atoms in total. The molecule has 2 aromatic heterocycles. The van der Waals surface area contributed by atoms with Crippen molar-refractivity contribution in [2.45, 2.75) is 6.54 Å². The van der Waals surface area contributed by atoms with Gasteiger partial charge in [0.25, 0.3) is 5.56 Å². The van der Waals surface area contributed by atoms with Crippen molar-refractivity contribution in [1.29, 1.82) is 0 Å². The third-order valence-electron chi connectivity index (χ3n) is 1.77. The van der Waals surface area contributed by atoms with Crippen LogP contribution in [0.5, 0.6) is 0 Å². The summed E-state index contributed by atoms with van der Waals surface area (Å²) in [5.41, 5.74) is -0.284. The molecule has 0 spiro atoms. The summed E-state index contributed by atoms with van der Waals surface area (Å²) in [7, 11) is 0. The van der Waals surface area contributed by atoms with Gasteiger partial charge in [-0.15, -0.1) is 11.8 Å². The summed E-state index contributed by atoms with van der Waals surface area (Å²) in [5.74, 6) is 0.938. The number of nitrogens with one attached hydrogen (secondary N) is 1. The van der Waals surface area contributed by atoms with Gasteiger partial charge in [-0.2, -0.15) is 5.16 Å². The number of hydrogen-bond acceptors (Lipinski definition) is 6. The molecule has 0 amide bonds. The fourth-order valence-corrected chi connectivity index (χ4v) is 1.60. The van der Waals surface area contributed by atoms with E-state index in [9.17, 15) is 4.79 Å². The Bertz CT molecular complexity index is 526. The fraction of sp³-hybridized carbons (Fsp3) is 0.222. The highest BCUT2D eigenvalue weighted by molar-refractivity contribution is 8.13. The molecular weight excluding hydrogens is 230 g/mol. The largest absolute Gasteiger partial charge is 0.447 e. The van der Waals surface area contributed by atoms with Crippen LogP contribution in [0.4, 0.5) is 0 Å². The van der Waals surface area contributed by atoms with Crippen LogP contribution in [-0.2, 0) is 6.54 Å². The molecule has 0 aliphatic carbocycles. The molecule has 0 aromatic carbocycles. The highest BCUT2D eigenvalue weighted by Gasteiger charge is 2.08. The van der Waals surface area contributed by atoms with Crippen molar-refractivity contribution in [1.82, 2.24) is 10.1 Å². The Morgan fingerprint density at radius 3 is 3.12 bits per heavy atom. The van der Waals surface area contributed by atoms with Gasteiger partial charge in [-0.1, -0.05) is 0 Å². The van der Waals surface area contributed by atoms with E-state index in [4.69, 9.17) is 8.94 Å². The normalized spacial score (nSPS) is 11.9. The first kappa shape index (κ1) is 10.7. The van der Waals surface area contributed by atoms with Crippen molar-refractivity contribution in [3.8, 4) is 0 Å². The van der Waals surface area contributed by atoms with Crippen molar-refractivity contribution in [3.63, 3.8) is 0 Å². The third kappa shape index (κ3) is 2.43. The van der Waals surface area contributed by atoms with Gasteiger partial charge in [0, 0.05) is 0 Å². The second-order valence-electron chi connectivity index (χ2n) is 2.83. The van der Waals surface area contributed by atoms with Crippen LogP contribution in [0, 0.1) is 0 Å². The van der Waals surface area contributed by atoms with E-state index in [-0.39, 0.29) is 5.56 Å². The average molecular weight is 239 g/mol. The number of hydrogen-bond donors (Lipinski definition) is 1. The second kappa shape index (κ2) is 4.84. The molecule has 2 aromatic rings. The van der Waals surface area contributed by atoms with Gasteiger partial charge in [-0.05, 0) is 6.26 Å². The van der Waals surface area contributed by atoms with Crippen LogP contribution >= 0.6 is 11.8 Å². The molecule has 0 fully saturated rings. The van der Waals surface area contributed by atoms with Crippen molar-refractivity contribution < 1.29 is 8.94 Å². The summed E-state index contributed by atoms with van der Waals surface area (Å²) in [4.78, 5) is 19.1. The molecule has 0 bridgehead atoms. The van der Waals surface area contributed by atoms with E-state index in [0.717, 1.165) is 0 Å². The Morgan fingerprint density at radius 2 is 2.56 bits per heavy atom. The van der Waals surface area contributed by atoms with Crippen LogP contribution in [0.3, 0.4) is 0 Å². The number of oxazole rings is 1. The summed E-state index contributed by atoms with van der Waals surface area (Å²) in [6, 6.07) is 1.35. The van der Waals surface area contributed by atoms with E-state index in [2.05, 4.69) is 15.1 Å². The monoisotopic (exact) mass is 239 g/mol. The van der Waals surface area contributed by atoms with Crippen LogP contribution in [0.2, 0.25) is 0 Å². The Balaban J connectivity index is 2.16. The predicted octanol–water partition coefficient (Wildman–Crippen LogP) is 1.27. The topological polar surface area (TPSA) is 84.4 Å². The number of H-pyrrole nitrogens is 1. The van der Waals surface area contributed by atoms with Gasteiger partial charge in [0.1, 0.15) is 17.9 Å². The molecule has 0 radical (unpaired) electrons. The zero-order chi connectivity index (χ0) is 11.4. The van der Waals surface area contributed by atoms with Gasteiger partial charge in [0.2, 0.25) is 5.89 Å². The van der Waals surface area contributed by atoms with Crippen molar-refractivity contribution in [2.24, 2.45) is 4.99 Å². The molecule has 84 valence electrons. The minimum absolute atomic E-state index is 0.284. The van der Waals surface area contributed by atoms with Gasteiger partial charge in [0.15, 0.2) is 5.76 Å². The average Bonchev–Trinajstić information content (AvgIpc) is 2.91. The molecule has 1 N–H and O–H groups in total. The number of aromatic nitrogens is 2. The number of rotatable bonds is 3. The summed E-state index contributed by atoms with van der Waals surface area (Å²) in [5, 5.41) is 2.83. The predicted molar refractivity (Wildman–Crippen MR) is 59.6 cm³/mol. The highest BCUT2D eigenvalue weighted by Crippen LogP contribution is 2.10. The van der Waals surface area contributed by atoms with Crippen LogP contribution in [0.25, 0.3) is 0 Å². The maximum absolute atomic E-state index is 10.9. The number of aliphatic imine (C=N–C) groups is 1. The minimum atomic E-state index is -0.284. The van der Waals surface area contributed by atoms with Crippen molar-refractivity contribution >= 4 is 16.8 Å². The SMILES string of the molecule is CSC(=NCc1ncco1)c1cc(=O)[nH]o1. The lowest BCUT2D eigenvalue weighted by Crippen LogP contribution is -1.96. The lowest BCUT2D eigenvalue weighted by atomic mass is 10.5. The zero-order valence-electron chi connectivity index (χ0n) is 8.47. The summed E-state index contributed by atoms with van der Waals surface area (Å²) < 4.78 is 9.99. The Morgan fingerprint density at radius 1 is 1.69 bits per heavy atom. The standard InChI is InChI=1S/C9H9N3O3S/c1-16-9(6-4-7(13)12-15-6)11-5-8-10-2-3-14-8/h2-4H,5H2,1H3,(H,12,13). The van der Waals surface area contributed by atoms with E-state index in [1.165, 1.54) is 24.1 Å². The van der Waals surface area contributed by atoms with E-state index < -0.39 is 0 Å². The molecule has 7 heteroatoms. The molecular formula is C9H9N3O3S. The van der Waals surface area contributed by atoms with E-state index in [0.29, 0.717) is 23.2 Å². The molecule has 0 aliphatic heterocycles. The molecule has 0 saturated heterocycles. The van der Waals surface area contributed by atoms with Gasteiger partial charge in [0.05, 0.1) is 12.3 Å². The quantitative estimate of drug-likeness (QED) is 0.644. The maximum Gasteiger partial charge on any atom is 0.280 e. The van der Waals surface area contributed by atoms with Crippen LogP contribution in [-0.4, -0.2) is 21.4 Å². The summed E-state index contributed by atoms with van der Waals surface area (Å²) in [6.07, 6.45) is 4.89. The molecule has 16 heavy (non-hydrogen) atoms. The van der Waals surface area contributed by atoms with E-state index in [1.807, 2.05) is 6.26 Å². The molecule has 0 saturated carbocycles. The summed E-state index contributed by atoms with van der Waals surface area (Å²) >= 11 is 1.39. The van der Waals surface area contributed by atoms with E-state index >= 15 is 0 Å². The first-order chi connectivity index (χ1) is 7.79. The number of thioether (sulfide) groups is 1. The molecule has 2 rings (SSSR count). The van der Waals surface area contributed by atoms with Crippen molar-refractivity contribution in [2.75, 3.05) is 6.26 Å². The Labute approximate surface area is 94.7 Å². The Kier molecular flexibility index (Phi) is 3.25. The van der Waals surface area contributed by atoms with Gasteiger partial charge in [-0.25, -0.2) is 4.98 Å².